The van der Waals surface area contributed by atoms with E-state index in [-0.39, 0.29) is 34.6 Å². The Morgan fingerprint density at radius 2 is 2.06 bits per heavy atom. The van der Waals surface area contributed by atoms with Gasteiger partial charge in [-0.05, 0) is 47.7 Å². The molecule has 0 saturated carbocycles. The molecule has 1 aliphatic rings. The second-order valence-corrected chi connectivity index (χ2v) is 8.88. The summed E-state index contributed by atoms with van der Waals surface area (Å²) < 4.78 is 0.885. The molecule has 1 aromatic heterocycles. The molecule has 3 aromatic rings. The lowest BCUT2D eigenvalue weighted by atomic mass is 10.2. The molecular formula is C20H13ClN4O5S2. The molecule has 3 amide bonds. The minimum absolute atomic E-state index is 0.00266. The Balaban J connectivity index is 1.40. The number of hydrogen-bond donors (Lipinski definition) is 1. The van der Waals surface area contributed by atoms with E-state index in [1.807, 2.05) is 0 Å². The lowest BCUT2D eigenvalue weighted by Gasteiger charge is -2.13. The van der Waals surface area contributed by atoms with E-state index in [1.54, 1.807) is 23.7 Å². The highest BCUT2D eigenvalue weighted by Gasteiger charge is 2.34. The van der Waals surface area contributed by atoms with Crippen LogP contribution >= 0.6 is 34.7 Å². The molecule has 2 aromatic carbocycles. The molecule has 1 saturated heterocycles. The van der Waals surface area contributed by atoms with Gasteiger partial charge in [-0.15, -0.1) is 11.3 Å². The Labute approximate surface area is 194 Å². The SMILES string of the molecule is O=C(NCCN1C(=O)S/C(=C\c2ccc(Cl)c([N+](=O)[O-])c2)C1=O)c1ccc2ncsc2c1. The molecule has 9 nitrogen and oxygen atoms in total. The van der Waals surface area contributed by atoms with Crippen LogP contribution < -0.4 is 5.32 Å². The summed E-state index contributed by atoms with van der Waals surface area (Å²) in [6, 6.07) is 9.25. The van der Waals surface area contributed by atoms with Crippen LogP contribution in [0.4, 0.5) is 10.5 Å². The molecule has 162 valence electrons. The topological polar surface area (TPSA) is 123 Å². The van der Waals surface area contributed by atoms with Gasteiger partial charge in [0.05, 0.1) is 25.6 Å². The monoisotopic (exact) mass is 488 g/mol. The number of nitrogens with zero attached hydrogens (tertiary/aromatic N) is 3. The number of carbonyl (C=O) groups is 3. The van der Waals surface area contributed by atoms with Crippen LogP contribution in [0.1, 0.15) is 15.9 Å². The van der Waals surface area contributed by atoms with Gasteiger partial charge in [0.15, 0.2) is 0 Å². The van der Waals surface area contributed by atoms with Crippen LogP contribution in [0.25, 0.3) is 16.3 Å². The van der Waals surface area contributed by atoms with E-state index < -0.39 is 16.1 Å². The number of imide groups is 1. The zero-order valence-electron chi connectivity index (χ0n) is 16.1. The van der Waals surface area contributed by atoms with Crippen molar-refractivity contribution in [3.63, 3.8) is 0 Å². The molecule has 2 heterocycles. The Morgan fingerprint density at radius 3 is 2.84 bits per heavy atom. The zero-order valence-corrected chi connectivity index (χ0v) is 18.5. The van der Waals surface area contributed by atoms with Crippen molar-refractivity contribution in [1.29, 1.82) is 0 Å². The summed E-state index contributed by atoms with van der Waals surface area (Å²) in [6.07, 6.45) is 1.40. The molecule has 32 heavy (non-hydrogen) atoms. The molecule has 0 unspecified atom stereocenters. The highest BCUT2D eigenvalue weighted by atomic mass is 35.5. The molecule has 0 radical (unpaired) electrons. The average molecular weight is 489 g/mol. The number of carbonyl (C=O) groups excluding carboxylic acids is 3. The van der Waals surface area contributed by atoms with Gasteiger partial charge in [-0.1, -0.05) is 17.7 Å². The number of fused-ring (bicyclic) bond motifs is 1. The van der Waals surface area contributed by atoms with Gasteiger partial charge in [-0.3, -0.25) is 29.4 Å². The predicted octanol–water partition coefficient (Wildman–Crippen LogP) is 4.32. The maximum Gasteiger partial charge on any atom is 0.293 e. The Morgan fingerprint density at radius 1 is 1.25 bits per heavy atom. The van der Waals surface area contributed by atoms with E-state index in [4.69, 9.17) is 11.6 Å². The van der Waals surface area contributed by atoms with Crippen molar-refractivity contribution in [1.82, 2.24) is 15.2 Å². The third-order valence-corrected chi connectivity index (χ3v) is 6.57. The molecule has 0 bridgehead atoms. The Kier molecular flexibility index (Phi) is 6.21. The number of thioether (sulfide) groups is 1. The first-order valence-corrected chi connectivity index (χ1v) is 11.2. The second kappa shape index (κ2) is 9.07. The number of amides is 3. The lowest BCUT2D eigenvalue weighted by Crippen LogP contribution is -2.37. The summed E-state index contributed by atoms with van der Waals surface area (Å²) in [5.74, 6) is -0.853. The number of hydrogen-bond acceptors (Lipinski definition) is 8. The van der Waals surface area contributed by atoms with E-state index in [9.17, 15) is 24.5 Å². The van der Waals surface area contributed by atoms with Gasteiger partial charge in [0.2, 0.25) is 0 Å². The van der Waals surface area contributed by atoms with Gasteiger partial charge in [-0.2, -0.15) is 0 Å². The third-order valence-electron chi connectivity index (χ3n) is 4.55. The van der Waals surface area contributed by atoms with Crippen LogP contribution in [-0.4, -0.2) is 45.0 Å². The highest BCUT2D eigenvalue weighted by Crippen LogP contribution is 2.33. The van der Waals surface area contributed by atoms with Crippen molar-refractivity contribution in [2.24, 2.45) is 0 Å². The van der Waals surface area contributed by atoms with E-state index in [1.165, 1.54) is 35.6 Å². The predicted molar refractivity (Wildman–Crippen MR) is 123 cm³/mol. The summed E-state index contributed by atoms with van der Waals surface area (Å²) in [7, 11) is 0. The summed E-state index contributed by atoms with van der Waals surface area (Å²) in [5, 5.41) is 13.2. The van der Waals surface area contributed by atoms with Crippen molar-refractivity contribution in [3.8, 4) is 0 Å². The van der Waals surface area contributed by atoms with Gasteiger partial charge in [0, 0.05) is 24.7 Å². The van der Waals surface area contributed by atoms with Crippen molar-refractivity contribution in [2.45, 2.75) is 0 Å². The molecule has 1 N–H and O–H groups in total. The van der Waals surface area contributed by atoms with Crippen LogP contribution in [0.3, 0.4) is 0 Å². The molecule has 0 aliphatic carbocycles. The lowest BCUT2D eigenvalue weighted by molar-refractivity contribution is -0.384. The Bertz CT molecular complexity index is 1310. The van der Waals surface area contributed by atoms with Crippen LogP contribution in [0.15, 0.2) is 46.8 Å². The number of rotatable bonds is 6. The molecule has 1 aliphatic heterocycles. The summed E-state index contributed by atoms with van der Waals surface area (Å²) in [5.41, 5.74) is 3.04. The highest BCUT2D eigenvalue weighted by molar-refractivity contribution is 8.18. The van der Waals surface area contributed by atoms with E-state index in [0.717, 1.165) is 26.9 Å². The Hall–Kier alpha value is -3.28. The first-order valence-electron chi connectivity index (χ1n) is 9.14. The quantitative estimate of drug-likeness (QED) is 0.311. The third kappa shape index (κ3) is 4.49. The first-order chi connectivity index (χ1) is 15.3. The van der Waals surface area contributed by atoms with Crippen LogP contribution in [0.5, 0.6) is 0 Å². The van der Waals surface area contributed by atoms with Crippen LogP contribution in [0, 0.1) is 10.1 Å². The molecule has 1 fully saturated rings. The fourth-order valence-electron chi connectivity index (χ4n) is 2.98. The smallest absolute Gasteiger partial charge is 0.293 e. The van der Waals surface area contributed by atoms with Gasteiger partial charge in [-0.25, -0.2) is 4.98 Å². The summed E-state index contributed by atoms with van der Waals surface area (Å²) >= 11 is 7.95. The fraction of sp³-hybridized carbons (Fsp3) is 0.100. The van der Waals surface area contributed by atoms with E-state index >= 15 is 0 Å². The maximum atomic E-state index is 12.6. The molecule has 12 heteroatoms. The van der Waals surface area contributed by atoms with Crippen molar-refractivity contribution < 1.29 is 19.3 Å². The number of benzene rings is 2. The molecule has 4 rings (SSSR count). The maximum absolute atomic E-state index is 12.6. The van der Waals surface area contributed by atoms with E-state index in [2.05, 4.69) is 10.3 Å². The van der Waals surface area contributed by atoms with Crippen molar-refractivity contribution in [3.05, 3.63) is 73.1 Å². The molecule has 0 spiro atoms. The largest absolute Gasteiger partial charge is 0.350 e. The summed E-state index contributed by atoms with van der Waals surface area (Å²) in [6.45, 7) is 0.0780. The fourth-order valence-corrected chi connectivity index (χ4v) is 4.75. The number of aromatic nitrogens is 1. The number of nitro groups is 1. The molecule has 0 atom stereocenters. The van der Waals surface area contributed by atoms with E-state index in [0.29, 0.717) is 11.1 Å². The first kappa shape index (κ1) is 21.9. The molecular weight excluding hydrogens is 476 g/mol. The normalized spacial score (nSPS) is 15.0. The number of nitrogens with one attached hydrogen (secondary N) is 1. The average Bonchev–Trinajstić information content (AvgIpc) is 3.33. The van der Waals surface area contributed by atoms with Gasteiger partial charge < -0.3 is 5.32 Å². The zero-order chi connectivity index (χ0) is 22.8. The van der Waals surface area contributed by atoms with Gasteiger partial charge >= 0.3 is 0 Å². The van der Waals surface area contributed by atoms with Crippen LogP contribution in [-0.2, 0) is 4.79 Å². The number of nitro benzene ring substituents is 1. The number of thiazole rings is 1. The minimum atomic E-state index is -0.624. The van der Waals surface area contributed by atoms with Gasteiger partial charge in [0.25, 0.3) is 22.7 Å². The summed E-state index contributed by atoms with van der Waals surface area (Å²) in [4.78, 5) is 53.0. The van der Waals surface area contributed by atoms with Crippen molar-refractivity contribution in [2.75, 3.05) is 13.1 Å². The van der Waals surface area contributed by atoms with Gasteiger partial charge in [0.1, 0.15) is 5.02 Å². The number of halogens is 1. The minimum Gasteiger partial charge on any atom is -0.350 e. The van der Waals surface area contributed by atoms with Crippen molar-refractivity contribution >= 4 is 73.7 Å². The van der Waals surface area contributed by atoms with Crippen LogP contribution in [0.2, 0.25) is 5.02 Å². The standard InChI is InChI=1S/C20H13ClN4O5S2/c21-13-3-1-11(7-15(13)25(29)30)8-17-19(27)24(20(28)32-17)6-5-22-18(26)12-2-4-14-16(9-12)31-10-23-14/h1-4,7-10H,5-6H2,(H,22,26)/b17-8-. The second-order valence-electron chi connectivity index (χ2n) is 6.59.